The van der Waals surface area contributed by atoms with E-state index in [1.807, 2.05) is 25.1 Å². The molecule has 2 aromatic heterocycles. The van der Waals surface area contributed by atoms with Crippen LogP contribution in [0.5, 0.6) is 0 Å². The van der Waals surface area contributed by atoms with Crippen LogP contribution in [-0.2, 0) is 4.79 Å². The van der Waals surface area contributed by atoms with Gasteiger partial charge in [0, 0.05) is 29.5 Å². The SMILES string of the molecule is Cc1ccccc1NC(=O)/C(C#N)=c1\s/c(=C\c2ccc(-c3ccc([N+](=O)[O-])cc3)o2)c(=O)n1-c1ccccc1. The number of anilines is 1. The number of nitriles is 1. The van der Waals surface area contributed by atoms with Crippen LogP contribution < -0.4 is 20.1 Å². The van der Waals surface area contributed by atoms with E-state index in [9.17, 15) is 25.0 Å². The number of thiazole rings is 1. The van der Waals surface area contributed by atoms with Crippen molar-refractivity contribution in [2.75, 3.05) is 5.32 Å². The number of carbonyl (C=O) groups excluding carboxylic acids is 1. The number of hydrogen-bond acceptors (Lipinski definition) is 7. The molecule has 0 aliphatic heterocycles. The van der Waals surface area contributed by atoms with Gasteiger partial charge in [-0.05, 0) is 55.0 Å². The molecule has 2 heterocycles. The minimum atomic E-state index is -0.632. The van der Waals surface area contributed by atoms with Gasteiger partial charge in [0.05, 0.1) is 15.1 Å². The quantitative estimate of drug-likeness (QED) is 0.245. The molecule has 0 bridgehead atoms. The van der Waals surface area contributed by atoms with Crippen LogP contribution in [0, 0.1) is 28.4 Å². The molecule has 0 fully saturated rings. The van der Waals surface area contributed by atoms with Crippen molar-refractivity contribution < 1.29 is 14.1 Å². The summed E-state index contributed by atoms with van der Waals surface area (Å²) < 4.78 is 7.66. The number of para-hydroxylation sites is 2. The highest BCUT2D eigenvalue weighted by Gasteiger charge is 2.18. The van der Waals surface area contributed by atoms with Crippen molar-refractivity contribution in [1.82, 2.24) is 4.57 Å². The minimum absolute atomic E-state index is 0.0364. The second kappa shape index (κ2) is 11.1. The highest BCUT2D eigenvalue weighted by atomic mass is 32.1. The molecular weight excluding hydrogens is 528 g/mol. The molecule has 0 spiro atoms. The Kier molecular flexibility index (Phi) is 7.22. The van der Waals surface area contributed by atoms with Crippen LogP contribution in [0.1, 0.15) is 11.3 Å². The van der Waals surface area contributed by atoms with Crippen LogP contribution in [0.4, 0.5) is 11.4 Å². The standard InChI is InChI=1S/C30H20N4O5S/c1-19-7-5-6-10-25(19)32-28(35)24(18-31)30-33(21-8-3-2-4-9-21)29(36)27(40-30)17-23-15-16-26(39-23)20-11-13-22(14-12-20)34(37)38/h2-17H,1H3,(H,32,35)/b27-17-,30-24-. The molecule has 0 saturated heterocycles. The fourth-order valence-corrected chi connectivity index (χ4v) is 5.10. The van der Waals surface area contributed by atoms with Crippen molar-refractivity contribution in [2.24, 2.45) is 0 Å². The number of non-ortho nitro benzene ring substituents is 1. The van der Waals surface area contributed by atoms with E-state index in [-0.39, 0.29) is 20.5 Å². The summed E-state index contributed by atoms with van der Waals surface area (Å²) in [5, 5.41) is 23.7. The lowest BCUT2D eigenvalue weighted by Crippen LogP contribution is -2.32. The number of nitrogens with zero attached hydrogens (tertiary/aromatic N) is 3. The van der Waals surface area contributed by atoms with Gasteiger partial charge >= 0.3 is 0 Å². The molecule has 196 valence electrons. The Morgan fingerprint density at radius 1 is 1.02 bits per heavy atom. The zero-order valence-corrected chi connectivity index (χ0v) is 21.8. The van der Waals surface area contributed by atoms with Crippen molar-refractivity contribution in [1.29, 1.82) is 5.26 Å². The first-order chi connectivity index (χ1) is 19.4. The molecule has 5 aromatic rings. The number of aromatic nitrogens is 1. The number of benzene rings is 3. The van der Waals surface area contributed by atoms with Crippen LogP contribution in [-0.4, -0.2) is 15.4 Å². The molecule has 5 rings (SSSR count). The molecule has 1 amide bonds. The fourth-order valence-electron chi connectivity index (χ4n) is 4.02. The van der Waals surface area contributed by atoms with Gasteiger partial charge in [0.25, 0.3) is 17.2 Å². The number of nitro benzene ring substituents is 1. The largest absolute Gasteiger partial charge is 0.457 e. The van der Waals surface area contributed by atoms with Gasteiger partial charge in [0.2, 0.25) is 0 Å². The van der Waals surface area contributed by atoms with E-state index in [4.69, 9.17) is 4.42 Å². The fraction of sp³-hybridized carbons (Fsp3) is 0.0333. The van der Waals surface area contributed by atoms with Crippen LogP contribution in [0.2, 0.25) is 0 Å². The Morgan fingerprint density at radius 3 is 2.40 bits per heavy atom. The first-order valence-electron chi connectivity index (χ1n) is 12.0. The Hall–Kier alpha value is -5.53. The molecule has 0 radical (unpaired) electrons. The Bertz CT molecular complexity index is 1960. The van der Waals surface area contributed by atoms with Crippen LogP contribution >= 0.6 is 11.3 Å². The summed E-state index contributed by atoms with van der Waals surface area (Å²) in [6.07, 6.45) is 1.54. The summed E-state index contributed by atoms with van der Waals surface area (Å²) in [6.45, 7) is 1.84. The Labute approximate surface area is 231 Å². The molecule has 9 nitrogen and oxygen atoms in total. The van der Waals surface area contributed by atoms with Crippen molar-refractivity contribution in [3.63, 3.8) is 0 Å². The molecule has 0 unspecified atom stereocenters. The highest BCUT2D eigenvalue weighted by molar-refractivity contribution is 7.07. The second-order valence-electron chi connectivity index (χ2n) is 8.65. The van der Waals surface area contributed by atoms with Crippen LogP contribution in [0.25, 0.3) is 28.7 Å². The molecule has 3 aromatic carbocycles. The van der Waals surface area contributed by atoms with Gasteiger partial charge < -0.3 is 9.73 Å². The summed E-state index contributed by atoms with van der Waals surface area (Å²) in [5.74, 6) is 0.192. The maximum absolute atomic E-state index is 13.6. The molecule has 0 atom stereocenters. The van der Waals surface area contributed by atoms with E-state index in [0.717, 1.165) is 16.9 Å². The lowest BCUT2D eigenvalue weighted by molar-refractivity contribution is -0.384. The van der Waals surface area contributed by atoms with Crippen molar-refractivity contribution in [3.8, 4) is 23.1 Å². The highest BCUT2D eigenvalue weighted by Crippen LogP contribution is 2.24. The normalized spacial score (nSPS) is 12.1. The van der Waals surface area contributed by atoms with Gasteiger partial charge in [-0.3, -0.25) is 24.3 Å². The average Bonchev–Trinajstić information content (AvgIpc) is 3.55. The molecule has 10 heteroatoms. The predicted octanol–water partition coefficient (Wildman–Crippen LogP) is 4.52. The van der Waals surface area contributed by atoms with Crippen molar-refractivity contribution in [2.45, 2.75) is 6.92 Å². The molecule has 0 aliphatic rings. The van der Waals surface area contributed by atoms with Crippen molar-refractivity contribution >= 4 is 40.3 Å². The molecular formula is C30H20N4O5S. The maximum atomic E-state index is 13.6. The number of nitrogens with one attached hydrogen (secondary N) is 1. The Balaban J connectivity index is 1.63. The lowest BCUT2D eigenvalue weighted by atomic mass is 10.1. The number of furan rings is 1. The first-order valence-corrected chi connectivity index (χ1v) is 12.8. The number of rotatable bonds is 6. The maximum Gasteiger partial charge on any atom is 0.273 e. The first kappa shape index (κ1) is 26.1. The molecule has 40 heavy (non-hydrogen) atoms. The van der Waals surface area contributed by atoms with Gasteiger partial charge in [0.15, 0.2) is 5.57 Å². The molecule has 0 saturated carbocycles. The van der Waals surface area contributed by atoms with E-state index >= 15 is 0 Å². The number of carbonyl (C=O) groups is 1. The predicted molar refractivity (Wildman–Crippen MR) is 152 cm³/mol. The monoisotopic (exact) mass is 548 g/mol. The van der Waals surface area contributed by atoms with E-state index in [2.05, 4.69) is 5.32 Å². The minimum Gasteiger partial charge on any atom is -0.457 e. The van der Waals surface area contributed by atoms with E-state index in [0.29, 0.717) is 28.5 Å². The van der Waals surface area contributed by atoms with Crippen LogP contribution in [0.3, 0.4) is 0 Å². The zero-order valence-electron chi connectivity index (χ0n) is 21.0. The van der Waals surface area contributed by atoms with Gasteiger partial charge in [-0.25, -0.2) is 0 Å². The topological polar surface area (TPSA) is 131 Å². The number of nitro groups is 1. The van der Waals surface area contributed by atoms with Gasteiger partial charge in [0.1, 0.15) is 22.3 Å². The van der Waals surface area contributed by atoms with E-state index in [1.165, 1.54) is 16.7 Å². The van der Waals surface area contributed by atoms with Crippen molar-refractivity contribution in [3.05, 3.63) is 132 Å². The van der Waals surface area contributed by atoms with Gasteiger partial charge in [-0.15, -0.1) is 11.3 Å². The molecule has 1 N–H and O–H groups in total. The third-order valence-corrected chi connectivity index (χ3v) is 7.14. The third kappa shape index (κ3) is 5.22. The van der Waals surface area contributed by atoms with E-state index < -0.39 is 16.4 Å². The van der Waals surface area contributed by atoms with Crippen LogP contribution in [0.15, 0.2) is 100 Å². The lowest BCUT2D eigenvalue weighted by Gasteiger charge is -2.08. The third-order valence-electron chi connectivity index (χ3n) is 6.05. The summed E-state index contributed by atoms with van der Waals surface area (Å²) in [7, 11) is 0. The Morgan fingerprint density at radius 2 is 1.73 bits per heavy atom. The summed E-state index contributed by atoms with van der Waals surface area (Å²) >= 11 is 1.00. The van der Waals surface area contributed by atoms with Gasteiger partial charge in [-0.1, -0.05) is 36.4 Å². The number of aryl methyl sites for hydroxylation is 1. The number of amides is 1. The summed E-state index contributed by atoms with van der Waals surface area (Å²) in [6, 6.07) is 27.2. The molecule has 0 aliphatic carbocycles. The second-order valence-corrected chi connectivity index (χ2v) is 9.68. The average molecular weight is 549 g/mol. The van der Waals surface area contributed by atoms with Gasteiger partial charge in [-0.2, -0.15) is 5.26 Å². The smallest absolute Gasteiger partial charge is 0.273 e. The zero-order chi connectivity index (χ0) is 28.2. The summed E-state index contributed by atoms with van der Waals surface area (Å²) in [4.78, 5) is 37.3. The number of hydrogen-bond donors (Lipinski definition) is 1. The summed E-state index contributed by atoms with van der Waals surface area (Å²) in [5.41, 5.74) is 1.86. The van der Waals surface area contributed by atoms with E-state index in [1.54, 1.807) is 72.8 Å².